The number of anilines is 1. The summed E-state index contributed by atoms with van der Waals surface area (Å²) in [6.45, 7) is 1.37. The number of hydrogen-bond acceptors (Lipinski definition) is 4. The van der Waals surface area contributed by atoms with E-state index in [1.54, 1.807) is 61.5 Å². The molecule has 8 heteroatoms. The third-order valence-electron chi connectivity index (χ3n) is 4.59. The number of benzene rings is 3. The molecule has 0 bridgehead atoms. The van der Waals surface area contributed by atoms with Crippen molar-refractivity contribution >= 4 is 39.0 Å². The Morgan fingerprint density at radius 3 is 2.16 bits per heavy atom. The van der Waals surface area contributed by atoms with Crippen LogP contribution in [0.2, 0.25) is 5.02 Å². The lowest BCUT2D eigenvalue weighted by Crippen LogP contribution is -2.38. The highest BCUT2D eigenvalue weighted by molar-refractivity contribution is 7.89. The Labute approximate surface area is 186 Å². The molecule has 160 valence electrons. The first-order valence-corrected chi connectivity index (χ1v) is 11.4. The van der Waals surface area contributed by atoms with Crippen LogP contribution in [0.5, 0.6) is 0 Å². The Morgan fingerprint density at radius 1 is 0.935 bits per heavy atom. The Morgan fingerprint density at radius 2 is 1.55 bits per heavy atom. The van der Waals surface area contributed by atoms with Crippen LogP contribution in [0.25, 0.3) is 0 Å². The number of sulfonamides is 1. The lowest BCUT2D eigenvalue weighted by atomic mass is 10.0. The molecule has 1 amide bonds. The first-order valence-electron chi connectivity index (χ1n) is 9.57. The topological polar surface area (TPSA) is 83.6 Å². The molecule has 3 aromatic rings. The van der Waals surface area contributed by atoms with E-state index >= 15 is 0 Å². The Kier molecular flexibility index (Phi) is 7.22. The number of carbonyl (C=O) groups is 2. The molecule has 0 aliphatic carbocycles. The SMILES string of the molecule is CCN(CC(=O)Nc1ccc(Cl)cc1C(=O)c1ccccc1)S(=O)(=O)c1ccccc1. The van der Waals surface area contributed by atoms with Gasteiger partial charge in [0, 0.05) is 22.7 Å². The number of hydrogen-bond donors (Lipinski definition) is 1. The molecule has 0 unspecified atom stereocenters. The summed E-state index contributed by atoms with van der Waals surface area (Å²) in [5, 5.41) is 3.00. The minimum Gasteiger partial charge on any atom is -0.324 e. The molecule has 0 saturated carbocycles. The lowest BCUT2D eigenvalue weighted by molar-refractivity contribution is -0.116. The summed E-state index contributed by atoms with van der Waals surface area (Å²) in [4.78, 5) is 25.7. The van der Waals surface area contributed by atoms with Gasteiger partial charge in [0.15, 0.2) is 5.78 Å². The number of carbonyl (C=O) groups excluding carboxylic acids is 2. The van der Waals surface area contributed by atoms with Gasteiger partial charge in [-0.25, -0.2) is 8.42 Å². The van der Waals surface area contributed by atoms with E-state index in [-0.39, 0.29) is 28.5 Å². The molecule has 1 N–H and O–H groups in total. The van der Waals surface area contributed by atoms with Gasteiger partial charge in [0.2, 0.25) is 15.9 Å². The lowest BCUT2D eigenvalue weighted by Gasteiger charge is -2.20. The van der Waals surface area contributed by atoms with Gasteiger partial charge in [0.25, 0.3) is 0 Å². The van der Waals surface area contributed by atoms with E-state index in [9.17, 15) is 18.0 Å². The van der Waals surface area contributed by atoms with Crippen LogP contribution in [0.15, 0.2) is 83.8 Å². The van der Waals surface area contributed by atoms with Crippen molar-refractivity contribution in [2.75, 3.05) is 18.4 Å². The summed E-state index contributed by atoms with van der Waals surface area (Å²) < 4.78 is 26.7. The van der Waals surface area contributed by atoms with Crippen molar-refractivity contribution < 1.29 is 18.0 Å². The number of likely N-dealkylation sites (N-methyl/N-ethyl adjacent to an activating group) is 1. The predicted molar refractivity (Wildman–Crippen MR) is 121 cm³/mol. The molecule has 0 spiro atoms. The summed E-state index contributed by atoms with van der Waals surface area (Å²) in [7, 11) is -3.83. The zero-order chi connectivity index (χ0) is 22.4. The van der Waals surface area contributed by atoms with Gasteiger partial charge >= 0.3 is 0 Å². The monoisotopic (exact) mass is 456 g/mol. The number of nitrogens with one attached hydrogen (secondary N) is 1. The number of rotatable bonds is 8. The van der Waals surface area contributed by atoms with Crippen LogP contribution in [0.4, 0.5) is 5.69 Å². The van der Waals surface area contributed by atoms with Crippen molar-refractivity contribution in [3.05, 3.63) is 95.0 Å². The highest BCUT2D eigenvalue weighted by atomic mass is 35.5. The molecule has 31 heavy (non-hydrogen) atoms. The molecule has 3 rings (SSSR count). The number of ketones is 1. The van der Waals surface area contributed by atoms with Gasteiger partial charge in [-0.2, -0.15) is 4.31 Å². The molecule has 6 nitrogen and oxygen atoms in total. The van der Waals surface area contributed by atoms with E-state index in [1.165, 1.54) is 24.3 Å². The highest BCUT2D eigenvalue weighted by Crippen LogP contribution is 2.24. The van der Waals surface area contributed by atoms with Crippen molar-refractivity contribution in [2.45, 2.75) is 11.8 Å². The van der Waals surface area contributed by atoms with Crippen LogP contribution in [0.3, 0.4) is 0 Å². The standard InChI is InChI=1S/C23H21ClN2O4S/c1-2-26(31(29,30)19-11-7-4-8-12-19)16-22(27)25-21-14-13-18(24)15-20(21)23(28)17-9-5-3-6-10-17/h3-15H,2,16H2,1H3,(H,25,27). The van der Waals surface area contributed by atoms with Crippen LogP contribution in [0, 0.1) is 0 Å². The van der Waals surface area contributed by atoms with E-state index in [0.29, 0.717) is 10.6 Å². The van der Waals surface area contributed by atoms with Crippen molar-refractivity contribution in [1.29, 1.82) is 0 Å². The molecule has 3 aromatic carbocycles. The van der Waals surface area contributed by atoms with E-state index in [0.717, 1.165) is 4.31 Å². The minimum atomic E-state index is -3.83. The summed E-state index contributed by atoms with van der Waals surface area (Å²) in [6, 6.07) is 21.1. The fraction of sp³-hybridized carbons (Fsp3) is 0.130. The van der Waals surface area contributed by atoms with E-state index in [1.807, 2.05) is 0 Å². The summed E-state index contributed by atoms with van der Waals surface area (Å²) >= 11 is 6.07. The van der Waals surface area contributed by atoms with Gasteiger partial charge in [-0.05, 0) is 30.3 Å². The minimum absolute atomic E-state index is 0.107. The molecule has 0 atom stereocenters. The van der Waals surface area contributed by atoms with Crippen molar-refractivity contribution in [3.8, 4) is 0 Å². The van der Waals surface area contributed by atoms with Gasteiger partial charge in [0.1, 0.15) is 0 Å². The van der Waals surface area contributed by atoms with Crippen LogP contribution >= 0.6 is 11.6 Å². The highest BCUT2D eigenvalue weighted by Gasteiger charge is 2.25. The average molecular weight is 457 g/mol. The fourth-order valence-corrected chi connectivity index (χ4v) is 4.61. The van der Waals surface area contributed by atoms with Gasteiger partial charge in [-0.1, -0.05) is 67.1 Å². The quantitative estimate of drug-likeness (QED) is 0.514. The fourth-order valence-electron chi connectivity index (χ4n) is 3.02. The van der Waals surface area contributed by atoms with Gasteiger partial charge in [-0.3, -0.25) is 9.59 Å². The molecular weight excluding hydrogens is 436 g/mol. The maximum atomic E-state index is 12.9. The second kappa shape index (κ2) is 9.87. The van der Waals surface area contributed by atoms with Gasteiger partial charge in [-0.15, -0.1) is 0 Å². The maximum Gasteiger partial charge on any atom is 0.243 e. The smallest absolute Gasteiger partial charge is 0.243 e. The van der Waals surface area contributed by atoms with Crippen LogP contribution in [0.1, 0.15) is 22.8 Å². The van der Waals surface area contributed by atoms with Crippen LogP contribution in [-0.4, -0.2) is 37.5 Å². The van der Waals surface area contributed by atoms with Crippen LogP contribution in [-0.2, 0) is 14.8 Å². The third-order valence-corrected chi connectivity index (χ3v) is 6.76. The van der Waals surface area contributed by atoms with Crippen LogP contribution < -0.4 is 5.32 Å². The Balaban J connectivity index is 1.83. The molecule has 0 radical (unpaired) electrons. The van der Waals surface area contributed by atoms with Crippen molar-refractivity contribution in [1.82, 2.24) is 4.31 Å². The molecule has 0 fully saturated rings. The van der Waals surface area contributed by atoms with Crippen molar-refractivity contribution in [2.24, 2.45) is 0 Å². The average Bonchev–Trinajstić information content (AvgIpc) is 2.79. The molecular formula is C23H21ClN2O4S. The molecule has 0 saturated heterocycles. The zero-order valence-electron chi connectivity index (χ0n) is 16.8. The number of nitrogens with zero attached hydrogens (tertiary/aromatic N) is 1. The number of halogens is 1. The summed E-state index contributed by atoms with van der Waals surface area (Å²) in [5.41, 5.74) is 0.930. The number of amides is 1. The Bertz CT molecular complexity index is 1180. The zero-order valence-corrected chi connectivity index (χ0v) is 18.4. The second-order valence-electron chi connectivity index (χ2n) is 6.68. The third kappa shape index (κ3) is 5.38. The molecule has 0 heterocycles. The normalized spacial score (nSPS) is 11.3. The predicted octanol–water partition coefficient (Wildman–Crippen LogP) is 4.22. The van der Waals surface area contributed by atoms with Crippen molar-refractivity contribution in [3.63, 3.8) is 0 Å². The Hall–Kier alpha value is -3.00. The molecule has 0 aliphatic heterocycles. The van der Waals surface area contributed by atoms with Gasteiger partial charge in [0.05, 0.1) is 17.1 Å². The summed E-state index contributed by atoms with van der Waals surface area (Å²) in [5.74, 6) is -0.867. The molecule has 0 aromatic heterocycles. The maximum absolute atomic E-state index is 12.9. The summed E-state index contributed by atoms with van der Waals surface area (Å²) in [6.07, 6.45) is 0. The molecule has 0 aliphatic rings. The first kappa shape index (κ1) is 22.7. The van der Waals surface area contributed by atoms with Gasteiger partial charge < -0.3 is 5.32 Å². The van der Waals surface area contributed by atoms with E-state index in [4.69, 9.17) is 11.6 Å². The van der Waals surface area contributed by atoms with E-state index < -0.39 is 22.5 Å². The first-order chi connectivity index (χ1) is 14.8. The largest absolute Gasteiger partial charge is 0.324 e. The van der Waals surface area contributed by atoms with E-state index in [2.05, 4.69) is 5.32 Å². The second-order valence-corrected chi connectivity index (χ2v) is 9.05.